The van der Waals surface area contributed by atoms with Crippen LogP contribution in [0.4, 0.5) is 5.69 Å². The highest BCUT2D eigenvalue weighted by atomic mass is 35.5. The number of nitrogens with zero attached hydrogens (tertiary/aromatic N) is 1. The minimum Gasteiger partial charge on any atom is -0.398 e. The zero-order valence-electron chi connectivity index (χ0n) is 12.7. The number of benzene rings is 1. The first kappa shape index (κ1) is 16.5. The van der Waals surface area contributed by atoms with Crippen LogP contribution in [-0.2, 0) is 14.8 Å². The summed E-state index contributed by atoms with van der Waals surface area (Å²) in [5, 5.41) is 0.136. The fourth-order valence-electron chi connectivity index (χ4n) is 2.81. The Balaban J connectivity index is 2.49. The summed E-state index contributed by atoms with van der Waals surface area (Å²) in [5.74, 6) is 0. The van der Waals surface area contributed by atoms with Crippen molar-refractivity contribution in [3.8, 4) is 0 Å². The summed E-state index contributed by atoms with van der Waals surface area (Å²) < 4.78 is 33.1. The Kier molecular flexibility index (Phi) is 4.04. The van der Waals surface area contributed by atoms with E-state index in [0.717, 1.165) is 0 Å². The van der Waals surface area contributed by atoms with Gasteiger partial charge in [-0.3, -0.25) is 0 Å². The third-order valence-electron chi connectivity index (χ3n) is 3.26. The predicted molar refractivity (Wildman–Crippen MR) is 83.9 cm³/mol. The maximum atomic E-state index is 12.9. The van der Waals surface area contributed by atoms with E-state index in [4.69, 9.17) is 22.1 Å². The second-order valence-electron chi connectivity index (χ2n) is 6.55. The summed E-state index contributed by atoms with van der Waals surface area (Å²) in [4.78, 5) is -0.0276. The van der Waals surface area contributed by atoms with Gasteiger partial charge in [-0.1, -0.05) is 17.7 Å². The Bertz CT molecular complexity index is 620. The summed E-state index contributed by atoms with van der Waals surface area (Å²) in [6.45, 7) is 7.98. The van der Waals surface area contributed by atoms with Crippen LogP contribution < -0.4 is 5.73 Å². The molecule has 5 nitrogen and oxygen atoms in total. The van der Waals surface area contributed by atoms with Crippen molar-refractivity contribution in [3.05, 3.63) is 23.2 Å². The van der Waals surface area contributed by atoms with Crippen molar-refractivity contribution in [2.24, 2.45) is 0 Å². The number of halogens is 1. The Morgan fingerprint density at radius 1 is 1.19 bits per heavy atom. The minimum atomic E-state index is -3.77. The van der Waals surface area contributed by atoms with E-state index in [1.807, 2.05) is 27.7 Å². The summed E-state index contributed by atoms with van der Waals surface area (Å²) in [5.41, 5.74) is 4.83. The third-order valence-corrected chi connectivity index (χ3v) is 5.60. The molecule has 0 aromatic heterocycles. The van der Waals surface area contributed by atoms with Crippen LogP contribution in [0, 0.1) is 0 Å². The van der Waals surface area contributed by atoms with E-state index in [-0.39, 0.29) is 28.7 Å². The molecular weight excluding hydrogens is 312 g/mol. The van der Waals surface area contributed by atoms with E-state index in [9.17, 15) is 8.42 Å². The summed E-state index contributed by atoms with van der Waals surface area (Å²) in [6.07, 6.45) is 0. The molecule has 0 bridgehead atoms. The fourth-order valence-corrected chi connectivity index (χ4v) is 5.19. The van der Waals surface area contributed by atoms with E-state index in [1.165, 1.54) is 16.4 Å². The van der Waals surface area contributed by atoms with Crippen molar-refractivity contribution in [1.82, 2.24) is 4.31 Å². The molecule has 0 spiro atoms. The third kappa shape index (κ3) is 3.34. The largest absolute Gasteiger partial charge is 0.398 e. The van der Waals surface area contributed by atoms with Crippen molar-refractivity contribution in [2.45, 2.75) is 43.8 Å². The van der Waals surface area contributed by atoms with Crippen molar-refractivity contribution >= 4 is 27.3 Å². The van der Waals surface area contributed by atoms with Gasteiger partial charge in [0.25, 0.3) is 0 Å². The van der Waals surface area contributed by atoms with Crippen LogP contribution in [-0.4, -0.2) is 37.0 Å². The number of morpholine rings is 1. The number of nitrogen functional groups attached to an aromatic ring is 1. The topological polar surface area (TPSA) is 72.6 Å². The molecule has 0 amide bonds. The van der Waals surface area contributed by atoms with Gasteiger partial charge in [0.05, 0.1) is 21.9 Å². The Hall–Kier alpha value is -0.820. The number of sulfonamides is 1. The second-order valence-corrected chi connectivity index (χ2v) is 8.83. The van der Waals surface area contributed by atoms with Gasteiger partial charge in [-0.15, -0.1) is 0 Å². The van der Waals surface area contributed by atoms with Crippen LogP contribution in [0.2, 0.25) is 5.02 Å². The molecule has 118 valence electrons. The first-order chi connectivity index (χ1) is 9.45. The molecule has 1 aromatic carbocycles. The molecule has 0 saturated carbocycles. The molecule has 2 N–H and O–H groups in total. The molecule has 2 rings (SSSR count). The van der Waals surface area contributed by atoms with Gasteiger partial charge in [-0.2, -0.15) is 4.31 Å². The van der Waals surface area contributed by atoms with Crippen LogP contribution >= 0.6 is 11.6 Å². The molecule has 7 heteroatoms. The molecular formula is C14H21ClN2O3S. The van der Waals surface area contributed by atoms with E-state index < -0.39 is 21.2 Å². The minimum absolute atomic E-state index is 0.0276. The van der Waals surface area contributed by atoms with Crippen LogP contribution in [0.5, 0.6) is 0 Å². The monoisotopic (exact) mass is 332 g/mol. The molecule has 1 fully saturated rings. The standard InChI is InChI=1S/C14H21ClN2O3S/c1-13(2)8-17(9-14(3,4)20-13)21(18,19)12-10(15)6-5-7-11(12)16/h5-7H,8-9,16H2,1-4H3. The molecule has 1 heterocycles. The Morgan fingerprint density at radius 2 is 1.71 bits per heavy atom. The summed E-state index contributed by atoms with van der Waals surface area (Å²) in [7, 11) is -3.77. The maximum Gasteiger partial charge on any atom is 0.246 e. The molecule has 0 atom stereocenters. The fraction of sp³-hybridized carbons (Fsp3) is 0.571. The van der Waals surface area contributed by atoms with Gasteiger partial charge in [0, 0.05) is 13.1 Å². The zero-order valence-corrected chi connectivity index (χ0v) is 14.3. The van der Waals surface area contributed by atoms with Gasteiger partial charge >= 0.3 is 0 Å². The van der Waals surface area contributed by atoms with Crippen LogP contribution in [0.25, 0.3) is 0 Å². The average Bonchev–Trinajstić information content (AvgIpc) is 2.23. The van der Waals surface area contributed by atoms with Crippen molar-refractivity contribution in [2.75, 3.05) is 18.8 Å². The molecule has 21 heavy (non-hydrogen) atoms. The summed E-state index contributed by atoms with van der Waals surface area (Å²) in [6, 6.07) is 4.70. The first-order valence-electron chi connectivity index (χ1n) is 6.69. The molecule has 1 aliphatic rings. The number of ether oxygens (including phenoxy) is 1. The van der Waals surface area contributed by atoms with E-state index >= 15 is 0 Å². The molecule has 1 aliphatic heterocycles. The molecule has 0 unspecified atom stereocenters. The number of hydrogen-bond donors (Lipinski definition) is 1. The van der Waals surface area contributed by atoms with E-state index in [2.05, 4.69) is 0 Å². The van der Waals surface area contributed by atoms with Crippen LogP contribution in [0.3, 0.4) is 0 Å². The van der Waals surface area contributed by atoms with Crippen molar-refractivity contribution < 1.29 is 13.2 Å². The number of rotatable bonds is 2. The maximum absolute atomic E-state index is 12.9. The molecule has 1 saturated heterocycles. The lowest BCUT2D eigenvalue weighted by molar-refractivity contribution is -0.163. The van der Waals surface area contributed by atoms with Gasteiger partial charge in [-0.05, 0) is 39.8 Å². The number of anilines is 1. The van der Waals surface area contributed by atoms with Crippen LogP contribution in [0.15, 0.2) is 23.1 Å². The van der Waals surface area contributed by atoms with E-state index in [1.54, 1.807) is 6.07 Å². The normalized spacial score (nSPS) is 22.1. The summed E-state index contributed by atoms with van der Waals surface area (Å²) >= 11 is 6.06. The van der Waals surface area contributed by atoms with Crippen LogP contribution in [0.1, 0.15) is 27.7 Å². The smallest absolute Gasteiger partial charge is 0.246 e. The first-order valence-corrected chi connectivity index (χ1v) is 8.51. The Morgan fingerprint density at radius 3 is 2.19 bits per heavy atom. The number of nitrogens with two attached hydrogens (primary N) is 1. The van der Waals surface area contributed by atoms with Gasteiger partial charge in [0.2, 0.25) is 10.0 Å². The predicted octanol–water partition coefficient (Wildman–Crippen LogP) is 2.50. The highest BCUT2D eigenvalue weighted by Gasteiger charge is 2.44. The molecule has 1 aromatic rings. The molecule has 0 radical (unpaired) electrons. The highest BCUT2D eigenvalue weighted by Crippen LogP contribution is 2.35. The van der Waals surface area contributed by atoms with Gasteiger partial charge in [-0.25, -0.2) is 8.42 Å². The SMILES string of the molecule is CC1(C)CN(S(=O)(=O)c2c(N)cccc2Cl)CC(C)(C)O1. The lowest BCUT2D eigenvalue weighted by Gasteiger charge is -2.46. The van der Waals surface area contributed by atoms with Crippen molar-refractivity contribution in [1.29, 1.82) is 0 Å². The van der Waals surface area contributed by atoms with E-state index in [0.29, 0.717) is 0 Å². The molecule has 0 aliphatic carbocycles. The van der Waals surface area contributed by atoms with Crippen molar-refractivity contribution in [3.63, 3.8) is 0 Å². The average molecular weight is 333 g/mol. The van der Waals surface area contributed by atoms with Gasteiger partial charge in [0.1, 0.15) is 4.90 Å². The van der Waals surface area contributed by atoms with Gasteiger partial charge in [0.15, 0.2) is 0 Å². The lowest BCUT2D eigenvalue weighted by Crippen LogP contribution is -2.58. The number of hydrogen-bond acceptors (Lipinski definition) is 4. The quantitative estimate of drug-likeness (QED) is 0.844. The second kappa shape index (κ2) is 5.12. The van der Waals surface area contributed by atoms with Gasteiger partial charge < -0.3 is 10.5 Å². The Labute approximate surface area is 131 Å². The lowest BCUT2D eigenvalue weighted by atomic mass is 10.0. The highest BCUT2D eigenvalue weighted by molar-refractivity contribution is 7.89. The zero-order chi connectivity index (χ0) is 16.1.